The highest BCUT2D eigenvalue weighted by Crippen LogP contribution is 2.09. The molecule has 0 heterocycles. The number of sulfonamides is 1. The molecule has 0 aliphatic heterocycles. The highest BCUT2D eigenvalue weighted by molar-refractivity contribution is 7.89. The maximum atomic E-state index is 12.0. The lowest BCUT2D eigenvalue weighted by Crippen LogP contribution is -2.42. The van der Waals surface area contributed by atoms with Gasteiger partial charge >= 0.3 is 0 Å². The van der Waals surface area contributed by atoms with Gasteiger partial charge in [0.2, 0.25) is 21.8 Å². The van der Waals surface area contributed by atoms with Crippen LogP contribution in [0.4, 0.5) is 0 Å². The first-order valence-electron chi connectivity index (χ1n) is 6.95. The zero-order chi connectivity index (χ0) is 16.6. The van der Waals surface area contributed by atoms with E-state index in [1.54, 1.807) is 12.1 Å². The molecule has 1 rings (SSSR count). The van der Waals surface area contributed by atoms with Gasteiger partial charge in [0.15, 0.2) is 0 Å². The third kappa shape index (κ3) is 6.23. The Hall–Kier alpha value is -1.93. The first-order chi connectivity index (χ1) is 10.3. The fourth-order valence-electron chi connectivity index (χ4n) is 1.53. The average molecular weight is 327 g/mol. The molecule has 3 N–H and O–H groups in total. The van der Waals surface area contributed by atoms with Crippen LogP contribution in [0.25, 0.3) is 0 Å². The van der Waals surface area contributed by atoms with Gasteiger partial charge in [-0.2, -0.15) is 0 Å². The highest BCUT2D eigenvalue weighted by atomic mass is 32.2. The Labute approximate surface area is 130 Å². The SMILES string of the molecule is CCCNC(=O)CNC(=O)CNS(=O)(=O)c1ccc(C)cc1. The molecule has 122 valence electrons. The zero-order valence-corrected chi connectivity index (χ0v) is 13.5. The largest absolute Gasteiger partial charge is 0.355 e. The molecule has 7 nitrogen and oxygen atoms in total. The Morgan fingerprint density at radius 2 is 1.59 bits per heavy atom. The fraction of sp³-hybridized carbons (Fsp3) is 0.429. The van der Waals surface area contributed by atoms with Gasteiger partial charge in [-0.25, -0.2) is 13.1 Å². The molecule has 0 aliphatic rings. The molecule has 0 atom stereocenters. The number of aryl methyl sites for hydroxylation is 1. The summed E-state index contributed by atoms with van der Waals surface area (Å²) in [5.74, 6) is -0.876. The smallest absolute Gasteiger partial charge is 0.241 e. The minimum Gasteiger partial charge on any atom is -0.355 e. The molecule has 0 unspecified atom stereocenters. The van der Waals surface area contributed by atoms with Gasteiger partial charge in [0.05, 0.1) is 18.0 Å². The molecule has 22 heavy (non-hydrogen) atoms. The minimum atomic E-state index is -3.74. The van der Waals surface area contributed by atoms with Crippen molar-refractivity contribution in [3.63, 3.8) is 0 Å². The third-order valence-corrected chi connectivity index (χ3v) is 4.19. The van der Waals surface area contributed by atoms with Crippen LogP contribution in [0.2, 0.25) is 0 Å². The van der Waals surface area contributed by atoms with Gasteiger partial charge in [0.1, 0.15) is 0 Å². The molecule has 0 aromatic heterocycles. The summed E-state index contributed by atoms with van der Waals surface area (Å²) in [7, 11) is -3.74. The van der Waals surface area contributed by atoms with Crippen molar-refractivity contribution in [3.05, 3.63) is 29.8 Å². The summed E-state index contributed by atoms with van der Waals surface area (Å²) in [4.78, 5) is 22.9. The fourth-order valence-corrected chi connectivity index (χ4v) is 2.51. The van der Waals surface area contributed by atoms with Crippen molar-refractivity contribution in [1.82, 2.24) is 15.4 Å². The molecule has 0 bridgehead atoms. The molecule has 0 saturated heterocycles. The first kappa shape index (κ1) is 18.1. The molecule has 1 aromatic carbocycles. The van der Waals surface area contributed by atoms with E-state index >= 15 is 0 Å². The van der Waals surface area contributed by atoms with Crippen LogP contribution in [0, 0.1) is 6.92 Å². The summed E-state index contributed by atoms with van der Waals surface area (Å²) >= 11 is 0. The van der Waals surface area contributed by atoms with Crippen LogP contribution in [0.1, 0.15) is 18.9 Å². The second-order valence-electron chi connectivity index (χ2n) is 4.76. The number of hydrogen-bond donors (Lipinski definition) is 3. The van der Waals surface area contributed by atoms with Crippen LogP contribution < -0.4 is 15.4 Å². The van der Waals surface area contributed by atoms with Gasteiger partial charge in [-0.15, -0.1) is 0 Å². The van der Waals surface area contributed by atoms with Crippen LogP contribution in [-0.4, -0.2) is 39.9 Å². The molecule has 0 saturated carbocycles. The van der Waals surface area contributed by atoms with Crippen molar-refractivity contribution in [2.45, 2.75) is 25.2 Å². The second-order valence-corrected chi connectivity index (χ2v) is 6.53. The number of carbonyl (C=O) groups excluding carboxylic acids is 2. The number of rotatable bonds is 8. The van der Waals surface area contributed by atoms with E-state index in [0.29, 0.717) is 6.54 Å². The zero-order valence-electron chi connectivity index (χ0n) is 12.7. The van der Waals surface area contributed by atoms with Crippen LogP contribution in [0.3, 0.4) is 0 Å². The van der Waals surface area contributed by atoms with Gasteiger partial charge < -0.3 is 10.6 Å². The van der Waals surface area contributed by atoms with Crippen LogP contribution >= 0.6 is 0 Å². The van der Waals surface area contributed by atoms with E-state index in [9.17, 15) is 18.0 Å². The Morgan fingerprint density at radius 1 is 1.00 bits per heavy atom. The lowest BCUT2D eigenvalue weighted by Gasteiger charge is -2.08. The van der Waals surface area contributed by atoms with E-state index in [0.717, 1.165) is 12.0 Å². The number of amides is 2. The van der Waals surface area contributed by atoms with E-state index in [1.165, 1.54) is 12.1 Å². The molecular weight excluding hydrogens is 306 g/mol. The predicted octanol–water partition coefficient (Wildman–Crippen LogP) is -0.0843. The number of carbonyl (C=O) groups is 2. The molecule has 2 amide bonds. The maximum Gasteiger partial charge on any atom is 0.241 e. The van der Waals surface area contributed by atoms with E-state index in [2.05, 4.69) is 15.4 Å². The monoisotopic (exact) mass is 327 g/mol. The van der Waals surface area contributed by atoms with Crippen molar-refractivity contribution in [1.29, 1.82) is 0 Å². The van der Waals surface area contributed by atoms with E-state index in [4.69, 9.17) is 0 Å². The lowest BCUT2D eigenvalue weighted by molar-refractivity contribution is -0.125. The molecular formula is C14H21N3O4S. The van der Waals surface area contributed by atoms with Gasteiger partial charge in [-0.1, -0.05) is 24.6 Å². The lowest BCUT2D eigenvalue weighted by atomic mass is 10.2. The third-order valence-electron chi connectivity index (χ3n) is 2.77. The van der Waals surface area contributed by atoms with Gasteiger partial charge in [-0.3, -0.25) is 9.59 Å². The number of nitrogens with one attached hydrogen (secondary N) is 3. The highest BCUT2D eigenvalue weighted by Gasteiger charge is 2.15. The molecule has 8 heteroatoms. The summed E-state index contributed by atoms with van der Waals surface area (Å²) < 4.78 is 26.1. The summed E-state index contributed by atoms with van der Waals surface area (Å²) in [5.41, 5.74) is 0.940. The Morgan fingerprint density at radius 3 is 2.18 bits per heavy atom. The van der Waals surface area contributed by atoms with Crippen LogP contribution in [0.5, 0.6) is 0 Å². The Bertz CT molecular complexity index is 611. The molecule has 0 fully saturated rings. The Kier molecular flexibility index (Phi) is 7.00. The summed E-state index contributed by atoms with van der Waals surface area (Å²) in [6.45, 7) is 3.71. The summed E-state index contributed by atoms with van der Waals surface area (Å²) in [5, 5.41) is 4.95. The van der Waals surface area contributed by atoms with Crippen LogP contribution in [0.15, 0.2) is 29.2 Å². The molecule has 0 spiro atoms. The van der Waals surface area contributed by atoms with Crippen molar-refractivity contribution in [2.75, 3.05) is 19.6 Å². The van der Waals surface area contributed by atoms with Gasteiger partial charge in [-0.05, 0) is 25.5 Å². The average Bonchev–Trinajstić information content (AvgIpc) is 2.49. The van der Waals surface area contributed by atoms with E-state index in [1.807, 2.05) is 13.8 Å². The normalized spacial score (nSPS) is 11.0. The number of benzene rings is 1. The topological polar surface area (TPSA) is 104 Å². The predicted molar refractivity (Wildman–Crippen MR) is 82.7 cm³/mol. The Balaban J connectivity index is 2.43. The first-order valence-corrected chi connectivity index (χ1v) is 8.43. The second kappa shape index (κ2) is 8.50. The van der Waals surface area contributed by atoms with Crippen LogP contribution in [-0.2, 0) is 19.6 Å². The molecule has 0 radical (unpaired) electrons. The van der Waals surface area contributed by atoms with Crippen molar-refractivity contribution in [2.24, 2.45) is 0 Å². The van der Waals surface area contributed by atoms with E-state index < -0.39 is 22.5 Å². The molecule has 0 aliphatic carbocycles. The van der Waals surface area contributed by atoms with Crippen molar-refractivity contribution >= 4 is 21.8 Å². The standard InChI is InChI=1S/C14H21N3O4S/c1-3-8-15-13(18)9-16-14(19)10-17-22(20,21)12-6-4-11(2)5-7-12/h4-7,17H,3,8-10H2,1-2H3,(H,15,18)(H,16,19). The van der Waals surface area contributed by atoms with Gasteiger partial charge in [0, 0.05) is 6.54 Å². The van der Waals surface area contributed by atoms with Crippen molar-refractivity contribution < 1.29 is 18.0 Å². The summed E-state index contributed by atoms with van der Waals surface area (Å²) in [6, 6.07) is 6.28. The quantitative estimate of drug-likeness (QED) is 0.621. The van der Waals surface area contributed by atoms with E-state index in [-0.39, 0.29) is 17.3 Å². The van der Waals surface area contributed by atoms with Gasteiger partial charge in [0.25, 0.3) is 0 Å². The van der Waals surface area contributed by atoms with Crippen molar-refractivity contribution in [3.8, 4) is 0 Å². The number of hydrogen-bond acceptors (Lipinski definition) is 4. The minimum absolute atomic E-state index is 0.0894. The maximum absolute atomic E-state index is 12.0. The summed E-state index contributed by atoms with van der Waals surface area (Å²) in [6.07, 6.45) is 0.802. The molecule has 1 aromatic rings.